The molecule has 0 spiro atoms. The number of aliphatic hydroxyl groups excluding tert-OH is 1. The molecule has 1 N–H and O–H groups in total. The summed E-state index contributed by atoms with van der Waals surface area (Å²) in [6, 6.07) is 6.00. The van der Waals surface area contributed by atoms with Gasteiger partial charge in [0.2, 0.25) is 10.0 Å². The number of hydrogen-bond donors (Lipinski definition) is 1. The monoisotopic (exact) mass is 273 g/mol. The fraction of sp³-hybridized carbons (Fsp3) is 0.500. The molecule has 102 valence electrons. The molecule has 5 nitrogen and oxygen atoms in total. The molecule has 0 aliphatic rings. The molecule has 0 fully saturated rings. The minimum atomic E-state index is -3.57. The smallest absolute Gasteiger partial charge is 0.243 e. The second-order valence-electron chi connectivity index (χ2n) is 4.11. The van der Waals surface area contributed by atoms with Gasteiger partial charge < -0.3 is 9.84 Å². The van der Waals surface area contributed by atoms with Gasteiger partial charge in [-0.15, -0.1) is 0 Å². The van der Waals surface area contributed by atoms with Gasteiger partial charge in [-0.25, -0.2) is 8.42 Å². The van der Waals surface area contributed by atoms with Crippen molar-refractivity contribution in [3.05, 3.63) is 24.3 Å². The zero-order chi connectivity index (χ0) is 13.8. The molecule has 0 radical (unpaired) electrons. The summed E-state index contributed by atoms with van der Waals surface area (Å²) < 4.78 is 30.9. The minimum Gasteiger partial charge on any atom is -0.497 e. The molecule has 0 saturated heterocycles. The van der Waals surface area contributed by atoms with Gasteiger partial charge in [-0.2, -0.15) is 4.31 Å². The van der Waals surface area contributed by atoms with Crippen LogP contribution in [-0.4, -0.2) is 44.1 Å². The van der Waals surface area contributed by atoms with Crippen molar-refractivity contribution in [1.29, 1.82) is 0 Å². The first kappa shape index (κ1) is 14.9. The Kier molecular flexibility index (Phi) is 5.13. The Morgan fingerprint density at radius 1 is 1.28 bits per heavy atom. The van der Waals surface area contributed by atoms with E-state index in [1.807, 2.05) is 0 Å². The van der Waals surface area contributed by atoms with Crippen LogP contribution in [0.15, 0.2) is 29.2 Å². The number of aliphatic hydroxyl groups is 1. The number of methoxy groups -OCH3 is 1. The molecule has 0 saturated carbocycles. The van der Waals surface area contributed by atoms with Crippen molar-refractivity contribution in [2.45, 2.75) is 24.8 Å². The largest absolute Gasteiger partial charge is 0.497 e. The van der Waals surface area contributed by atoms with Crippen LogP contribution in [0.1, 0.15) is 13.8 Å². The molecular weight excluding hydrogens is 254 g/mol. The quantitative estimate of drug-likeness (QED) is 0.842. The van der Waals surface area contributed by atoms with Crippen LogP contribution in [0.2, 0.25) is 0 Å². The molecule has 1 aromatic carbocycles. The van der Waals surface area contributed by atoms with Gasteiger partial charge in [0, 0.05) is 12.6 Å². The lowest BCUT2D eigenvalue weighted by Crippen LogP contribution is -2.38. The van der Waals surface area contributed by atoms with Gasteiger partial charge in [0.15, 0.2) is 0 Å². The summed E-state index contributed by atoms with van der Waals surface area (Å²) >= 11 is 0. The van der Waals surface area contributed by atoms with Gasteiger partial charge in [0.25, 0.3) is 0 Å². The molecule has 0 amide bonds. The number of ether oxygens (including phenoxy) is 1. The SMILES string of the molecule is COc1ccc(S(=O)(=O)N(CCO)C(C)C)cc1. The molecule has 0 aliphatic heterocycles. The molecule has 0 atom stereocenters. The lowest BCUT2D eigenvalue weighted by Gasteiger charge is -2.25. The van der Waals surface area contributed by atoms with E-state index in [9.17, 15) is 8.42 Å². The maximum Gasteiger partial charge on any atom is 0.243 e. The first-order valence-corrected chi connectivity index (χ1v) is 7.14. The highest BCUT2D eigenvalue weighted by molar-refractivity contribution is 7.89. The predicted molar refractivity (Wildman–Crippen MR) is 69.1 cm³/mol. The second kappa shape index (κ2) is 6.17. The third-order valence-corrected chi connectivity index (χ3v) is 4.65. The van der Waals surface area contributed by atoms with Crippen molar-refractivity contribution in [1.82, 2.24) is 4.31 Å². The van der Waals surface area contributed by atoms with Gasteiger partial charge in [0.05, 0.1) is 18.6 Å². The zero-order valence-electron chi connectivity index (χ0n) is 10.8. The fourth-order valence-electron chi connectivity index (χ4n) is 1.64. The third-order valence-electron chi connectivity index (χ3n) is 2.56. The topological polar surface area (TPSA) is 66.8 Å². The van der Waals surface area contributed by atoms with Crippen LogP contribution in [0.4, 0.5) is 0 Å². The maximum absolute atomic E-state index is 12.3. The molecule has 0 unspecified atom stereocenters. The Balaban J connectivity index is 3.09. The number of rotatable bonds is 6. The molecule has 0 heterocycles. The highest BCUT2D eigenvalue weighted by Crippen LogP contribution is 2.20. The average Bonchev–Trinajstić information content (AvgIpc) is 2.35. The van der Waals surface area contributed by atoms with Crippen molar-refractivity contribution in [2.24, 2.45) is 0 Å². The summed E-state index contributed by atoms with van der Waals surface area (Å²) in [6.07, 6.45) is 0. The van der Waals surface area contributed by atoms with Crippen LogP contribution < -0.4 is 4.74 Å². The average molecular weight is 273 g/mol. The van der Waals surface area contributed by atoms with Gasteiger partial charge in [0.1, 0.15) is 5.75 Å². The summed E-state index contributed by atoms with van der Waals surface area (Å²) in [6.45, 7) is 3.44. The fourth-order valence-corrected chi connectivity index (χ4v) is 3.27. The van der Waals surface area contributed by atoms with E-state index in [-0.39, 0.29) is 24.1 Å². The molecule has 0 aromatic heterocycles. The molecular formula is C12H19NO4S. The van der Waals surface area contributed by atoms with E-state index in [4.69, 9.17) is 9.84 Å². The summed E-state index contributed by atoms with van der Waals surface area (Å²) in [5.74, 6) is 0.604. The van der Waals surface area contributed by atoms with Crippen molar-refractivity contribution in [3.63, 3.8) is 0 Å². The van der Waals surface area contributed by atoms with E-state index in [1.54, 1.807) is 26.0 Å². The van der Waals surface area contributed by atoms with Crippen LogP contribution in [0.5, 0.6) is 5.75 Å². The minimum absolute atomic E-state index is 0.0893. The number of hydrogen-bond acceptors (Lipinski definition) is 4. The van der Waals surface area contributed by atoms with Gasteiger partial charge >= 0.3 is 0 Å². The Labute approximate surface area is 108 Å². The number of nitrogens with zero attached hydrogens (tertiary/aromatic N) is 1. The first-order chi connectivity index (χ1) is 8.43. The molecule has 0 aliphatic carbocycles. The van der Waals surface area contributed by atoms with Crippen LogP contribution in [0.3, 0.4) is 0 Å². The third kappa shape index (κ3) is 3.22. The first-order valence-electron chi connectivity index (χ1n) is 5.70. The molecule has 1 rings (SSSR count). The zero-order valence-corrected chi connectivity index (χ0v) is 11.6. The molecule has 0 bridgehead atoms. The van der Waals surface area contributed by atoms with E-state index in [2.05, 4.69) is 0 Å². The Morgan fingerprint density at radius 3 is 2.22 bits per heavy atom. The van der Waals surface area contributed by atoms with Gasteiger partial charge in [-0.3, -0.25) is 0 Å². The highest BCUT2D eigenvalue weighted by atomic mass is 32.2. The Morgan fingerprint density at radius 2 is 1.83 bits per heavy atom. The normalized spacial score (nSPS) is 12.1. The second-order valence-corrected chi connectivity index (χ2v) is 6.00. The van der Waals surface area contributed by atoms with Crippen LogP contribution >= 0.6 is 0 Å². The highest BCUT2D eigenvalue weighted by Gasteiger charge is 2.26. The lowest BCUT2D eigenvalue weighted by molar-refractivity contribution is 0.236. The van der Waals surface area contributed by atoms with E-state index in [1.165, 1.54) is 23.5 Å². The standard InChI is InChI=1S/C12H19NO4S/c1-10(2)13(8-9-14)18(15,16)12-6-4-11(17-3)5-7-12/h4-7,10,14H,8-9H2,1-3H3. The number of sulfonamides is 1. The van der Waals surface area contributed by atoms with Crippen LogP contribution in [0, 0.1) is 0 Å². The van der Waals surface area contributed by atoms with Gasteiger partial charge in [-0.1, -0.05) is 0 Å². The summed E-state index contributed by atoms with van der Waals surface area (Å²) in [5.41, 5.74) is 0. The molecule has 18 heavy (non-hydrogen) atoms. The van der Waals surface area contributed by atoms with Crippen molar-refractivity contribution in [2.75, 3.05) is 20.3 Å². The summed E-state index contributed by atoms with van der Waals surface area (Å²) in [4.78, 5) is 0.199. The van der Waals surface area contributed by atoms with Crippen molar-refractivity contribution < 1.29 is 18.3 Å². The summed E-state index contributed by atoms with van der Waals surface area (Å²) in [5, 5.41) is 8.95. The Hall–Kier alpha value is -1.11. The van der Waals surface area contributed by atoms with E-state index < -0.39 is 10.0 Å². The lowest BCUT2D eigenvalue weighted by atomic mass is 10.3. The predicted octanol–water partition coefficient (Wildman–Crippen LogP) is 1.09. The van der Waals surface area contributed by atoms with Crippen LogP contribution in [0.25, 0.3) is 0 Å². The van der Waals surface area contributed by atoms with Crippen LogP contribution in [-0.2, 0) is 10.0 Å². The number of benzene rings is 1. The maximum atomic E-state index is 12.3. The van der Waals surface area contributed by atoms with Gasteiger partial charge in [-0.05, 0) is 38.1 Å². The van der Waals surface area contributed by atoms with E-state index in [0.29, 0.717) is 5.75 Å². The molecule has 6 heteroatoms. The Bertz CT molecular complexity index is 467. The summed E-state index contributed by atoms with van der Waals surface area (Å²) in [7, 11) is -2.05. The van der Waals surface area contributed by atoms with Crippen molar-refractivity contribution >= 4 is 10.0 Å². The van der Waals surface area contributed by atoms with E-state index >= 15 is 0 Å². The van der Waals surface area contributed by atoms with Crippen molar-refractivity contribution in [3.8, 4) is 5.75 Å². The van der Waals surface area contributed by atoms with E-state index in [0.717, 1.165) is 0 Å². The molecule has 1 aromatic rings.